The number of carbonyl (C=O) groups excluding carboxylic acids is 1. The number of hydrogen-bond donors (Lipinski definition) is 0. The Morgan fingerprint density at radius 2 is 2.12 bits per heavy atom. The first-order valence-corrected chi connectivity index (χ1v) is 5.40. The summed E-state index contributed by atoms with van der Waals surface area (Å²) in [5.74, 6) is -0.648. The monoisotopic (exact) mass is 268 g/mol. The van der Waals surface area contributed by atoms with Gasteiger partial charge in [-0.25, -0.2) is 9.78 Å². The van der Waals surface area contributed by atoms with Crippen LogP contribution in [0.2, 0.25) is 0 Å². The van der Waals surface area contributed by atoms with Gasteiger partial charge in [0, 0.05) is 11.9 Å². The van der Waals surface area contributed by atoms with Crippen LogP contribution in [-0.4, -0.2) is 37.8 Å². The lowest BCUT2D eigenvalue weighted by Gasteiger charge is -2.17. The maximum atomic E-state index is 12.2. The van der Waals surface area contributed by atoms with Crippen LogP contribution < -0.4 is 4.90 Å². The molecular weight excluding hydrogens is 257 g/mol. The van der Waals surface area contributed by atoms with Gasteiger partial charge in [0.15, 0.2) is 10.8 Å². The molecule has 0 aliphatic heterocycles. The number of halogens is 3. The normalized spacial score (nSPS) is 11.4. The molecule has 0 aromatic carbocycles. The van der Waals surface area contributed by atoms with E-state index >= 15 is 0 Å². The molecule has 17 heavy (non-hydrogen) atoms. The largest absolute Gasteiger partial charge is 0.464 e. The van der Waals surface area contributed by atoms with E-state index in [4.69, 9.17) is 0 Å². The molecule has 96 valence electrons. The van der Waals surface area contributed by atoms with E-state index in [0.717, 1.165) is 16.2 Å². The van der Waals surface area contributed by atoms with Gasteiger partial charge in [-0.2, -0.15) is 13.2 Å². The Morgan fingerprint density at radius 3 is 2.59 bits per heavy atom. The van der Waals surface area contributed by atoms with Crippen LogP contribution >= 0.6 is 11.3 Å². The number of aromatic nitrogens is 1. The molecule has 0 unspecified atom stereocenters. The zero-order chi connectivity index (χ0) is 13.2. The summed E-state index contributed by atoms with van der Waals surface area (Å²) in [6, 6.07) is 0. The summed E-state index contributed by atoms with van der Waals surface area (Å²) >= 11 is 1.02. The molecule has 0 spiro atoms. The van der Waals surface area contributed by atoms with Crippen molar-refractivity contribution in [3.05, 3.63) is 10.6 Å². The minimum Gasteiger partial charge on any atom is -0.464 e. The lowest BCUT2D eigenvalue weighted by molar-refractivity contribution is -0.119. The second-order valence-corrected chi connectivity index (χ2v) is 4.55. The molecule has 1 rings (SSSR count). The van der Waals surface area contributed by atoms with E-state index in [1.165, 1.54) is 14.2 Å². The highest BCUT2D eigenvalue weighted by molar-refractivity contribution is 7.15. The van der Waals surface area contributed by atoms with Gasteiger partial charge in [0.05, 0.1) is 7.11 Å². The highest BCUT2D eigenvalue weighted by Crippen LogP contribution is 2.27. The van der Waals surface area contributed by atoms with E-state index in [2.05, 4.69) is 9.72 Å². The van der Waals surface area contributed by atoms with Gasteiger partial charge in [-0.05, 0) is 6.92 Å². The number of nitrogens with zero attached hydrogens (tertiary/aromatic N) is 2. The molecular formula is C9H11F3N2O2S. The Morgan fingerprint density at radius 1 is 1.53 bits per heavy atom. The number of carbonyl (C=O) groups is 1. The van der Waals surface area contributed by atoms with Gasteiger partial charge in [-0.15, -0.1) is 11.3 Å². The van der Waals surface area contributed by atoms with Crippen LogP contribution in [0.15, 0.2) is 0 Å². The van der Waals surface area contributed by atoms with Crippen molar-refractivity contribution in [1.82, 2.24) is 4.98 Å². The maximum absolute atomic E-state index is 12.2. The highest BCUT2D eigenvalue weighted by Gasteiger charge is 2.31. The standard InChI is InChI=1S/C9H11F3N2O2S/c1-5-6(7(15)16-3)13-8(17-5)14(2)4-9(10,11)12/h4H2,1-3H3. The van der Waals surface area contributed by atoms with Gasteiger partial charge < -0.3 is 9.64 Å². The van der Waals surface area contributed by atoms with Crippen molar-refractivity contribution in [2.75, 3.05) is 25.6 Å². The number of alkyl halides is 3. The number of anilines is 1. The fourth-order valence-corrected chi connectivity index (χ4v) is 2.03. The predicted octanol–water partition coefficient (Wildman–Crippen LogP) is 2.24. The number of methoxy groups -OCH3 is 1. The van der Waals surface area contributed by atoms with E-state index < -0.39 is 18.7 Å². The minimum absolute atomic E-state index is 0.0570. The summed E-state index contributed by atoms with van der Waals surface area (Å²) in [6.45, 7) is 0.495. The molecule has 1 heterocycles. The van der Waals surface area contributed by atoms with Gasteiger partial charge in [0.2, 0.25) is 0 Å². The van der Waals surface area contributed by atoms with E-state index in [-0.39, 0.29) is 10.8 Å². The quantitative estimate of drug-likeness (QED) is 0.788. The SMILES string of the molecule is COC(=O)c1nc(N(C)CC(F)(F)F)sc1C. The third-order valence-corrected chi connectivity index (χ3v) is 2.99. The Labute approximate surface area is 100 Å². The van der Waals surface area contributed by atoms with Crippen LogP contribution in [0.4, 0.5) is 18.3 Å². The molecule has 1 aromatic heterocycles. The Bertz CT molecular complexity index is 417. The number of hydrogen-bond acceptors (Lipinski definition) is 5. The van der Waals surface area contributed by atoms with Crippen molar-refractivity contribution in [2.45, 2.75) is 13.1 Å². The molecule has 0 bridgehead atoms. The third kappa shape index (κ3) is 3.58. The van der Waals surface area contributed by atoms with Crippen LogP contribution in [-0.2, 0) is 4.74 Å². The maximum Gasteiger partial charge on any atom is 0.405 e. The summed E-state index contributed by atoms with van der Waals surface area (Å²) in [4.78, 5) is 16.5. The first-order chi connectivity index (χ1) is 7.74. The molecule has 0 amide bonds. The van der Waals surface area contributed by atoms with Crippen LogP contribution in [0.1, 0.15) is 15.4 Å². The van der Waals surface area contributed by atoms with Crippen LogP contribution in [0.3, 0.4) is 0 Å². The summed E-state index contributed by atoms with van der Waals surface area (Å²) in [7, 11) is 2.47. The zero-order valence-electron chi connectivity index (χ0n) is 9.46. The number of thiazole rings is 1. The lowest BCUT2D eigenvalue weighted by Crippen LogP contribution is -2.30. The van der Waals surface area contributed by atoms with Gasteiger partial charge in [0.25, 0.3) is 0 Å². The molecule has 0 aliphatic carbocycles. The third-order valence-electron chi connectivity index (χ3n) is 1.91. The van der Waals surface area contributed by atoms with Gasteiger partial charge >= 0.3 is 12.1 Å². The topological polar surface area (TPSA) is 42.4 Å². The molecule has 0 aliphatic rings. The lowest BCUT2D eigenvalue weighted by atomic mass is 10.4. The molecule has 0 N–H and O–H groups in total. The zero-order valence-corrected chi connectivity index (χ0v) is 10.3. The van der Waals surface area contributed by atoms with Crippen LogP contribution in [0, 0.1) is 6.92 Å². The van der Waals surface area contributed by atoms with E-state index in [9.17, 15) is 18.0 Å². The van der Waals surface area contributed by atoms with Gasteiger partial charge in [0.1, 0.15) is 6.54 Å². The van der Waals surface area contributed by atoms with Crippen molar-refractivity contribution in [1.29, 1.82) is 0 Å². The number of rotatable bonds is 3. The summed E-state index contributed by atoms with van der Waals surface area (Å²) < 4.78 is 41.0. The first kappa shape index (κ1) is 13.8. The second kappa shape index (κ2) is 4.91. The van der Waals surface area contributed by atoms with Crippen LogP contribution in [0.5, 0.6) is 0 Å². The second-order valence-electron chi connectivity index (χ2n) is 3.36. The van der Waals surface area contributed by atoms with E-state index in [0.29, 0.717) is 4.88 Å². The number of esters is 1. The van der Waals surface area contributed by atoms with E-state index in [1.807, 2.05) is 0 Å². The van der Waals surface area contributed by atoms with Crippen LogP contribution in [0.25, 0.3) is 0 Å². The molecule has 0 saturated carbocycles. The molecule has 0 fully saturated rings. The number of ether oxygens (including phenoxy) is 1. The average molecular weight is 268 g/mol. The van der Waals surface area contributed by atoms with Gasteiger partial charge in [-0.1, -0.05) is 0 Å². The molecule has 0 saturated heterocycles. The summed E-state index contributed by atoms with van der Waals surface area (Å²) in [5, 5.41) is 0.139. The van der Waals surface area contributed by atoms with Crippen molar-refractivity contribution in [3.63, 3.8) is 0 Å². The molecule has 0 atom stereocenters. The first-order valence-electron chi connectivity index (χ1n) is 4.58. The Hall–Kier alpha value is -1.31. The highest BCUT2D eigenvalue weighted by atomic mass is 32.1. The number of aryl methyl sites for hydroxylation is 1. The predicted molar refractivity (Wildman–Crippen MR) is 57.5 cm³/mol. The molecule has 0 radical (unpaired) electrons. The smallest absolute Gasteiger partial charge is 0.405 e. The van der Waals surface area contributed by atoms with Crippen molar-refractivity contribution < 1.29 is 22.7 Å². The fourth-order valence-electron chi connectivity index (χ4n) is 1.17. The minimum atomic E-state index is -4.31. The average Bonchev–Trinajstić information content (AvgIpc) is 2.57. The fraction of sp³-hybridized carbons (Fsp3) is 0.556. The summed E-state index contributed by atoms with van der Waals surface area (Å²) in [5.41, 5.74) is 0.0570. The van der Waals surface area contributed by atoms with E-state index in [1.54, 1.807) is 6.92 Å². The molecule has 1 aromatic rings. The van der Waals surface area contributed by atoms with Gasteiger partial charge in [-0.3, -0.25) is 0 Å². The Kier molecular flexibility index (Phi) is 3.97. The Balaban J connectivity index is 2.90. The van der Waals surface area contributed by atoms with Crippen molar-refractivity contribution in [3.8, 4) is 0 Å². The molecule has 8 heteroatoms. The molecule has 4 nitrogen and oxygen atoms in total. The van der Waals surface area contributed by atoms with Crippen molar-refractivity contribution in [2.24, 2.45) is 0 Å². The summed E-state index contributed by atoms with van der Waals surface area (Å²) in [6.07, 6.45) is -4.31. The van der Waals surface area contributed by atoms with Crippen molar-refractivity contribution >= 4 is 22.4 Å².